The summed E-state index contributed by atoms with van der Waals surface area (Å²) in [6.07, 6.45) is 1.17. The topological polar surface area (TPSA) is 50.3 Å². The van der Waals surface area contributed by atoms with Crippen molar-refractivity contribution in [3.05, 3.63) is 11.8 Å². The molecule has 5 nitrogen and oxygen atoms in total. The van der Waals surface area contributed by atoms with E-state index in [9.17, 15) is 0 Å². The Morgan fingerprint density at radius 1 is 1.50 bits per heavy atom. The summed E-state index contributed by atoms with van der Waals surface area (Å²) in [6, 6.07) is 2.05. The van der Waals surface area contributed by atoms with E-state index in [1.54, 1.807) is 7.11 Å². The zero-order chi connectivity index (χ0) is 13.0. The predicted molar refractivity (Wildman–Crippen MR) is 73.1 cm³/mol. The second kappa shape index (κ2) is 6.00. The molecular formula is C13H22N4O. The van der Waals surface area contributed by atoms with Gasteiger partial charge in [0.15, 0.2) is 0 Å². The molecule has 1 aliphatic rings. The van der Waals surface area contributed by atoms with Crippen molar-refractivity contribution in [3.8, 4) is 0 Å². The van der Waals surface area contributed by atoms with Gasteiger partial charge in [0, 0.05) is 44.4 Å². The van der Waals surface area contributed by atoms with Gasteiger partial charge in [-0.2, -0.15) is 4.98 Å². The second-order valence-electron chi connectivity index (χ2n) is 4.78. The van der Waals surface area contributed by atoms with Crippen LogP contribution in [0.5, 0.6) is 0 Å². The van der Waals surface area contributed by atoms with Gasteiger partial charge in [-0.1, -0.05) is 0 Å². The predicted octanol–water partition coefficient (Wildman–Crippen LogP) is 1.69. The van der Waals surface area contributed by atoms with E-state index >= 15 is 0 Å². The highest BCUT2D eigenvalue weighted by Gasteiger charge is 2.23. The first kappa shape index (κ1) is 13.1. The van der Waals surface area contributed by atoms with E-state index in [0.717, 1.165) is 43.7 Å². The summed E-state index contributed by atoms with van der Waals surface area (Å²) in [5.74, 6) is 2.37. The molecule has 0 aliphatic carbocycles. The summed E-state index contributed by atoms with van der Waals surface area (Å²) in [7, 11) is 1.76. The zero-order valence-electron chi connectivity index (χ0n) is 11.4. The minimum atomic E-state index is 0.618. The second-order valence-corrected chi connectivity index (χ2v) is 4.78. The third-order valence-corrected chi connectivity index (χ3v) is 3.19. The molecule has 1 aliphatic heterocycles. The van der Waals surface area contributed by atoms with E-state index in [0.29, 0.717) is 5.92 Å². The molecular weight excluding hydrogens is 228 g/mol. The lowest BCUT2D eigenvalue weighted by Crippen LogP contribution is -2.22. The van der Waals surface area contributed by atoms with Gasteiger partial charge in [-0.05, 0) is 20.3 Å². The minimum Gasteiger partial charge on any atom is -0.384 e. The molecule has 0 spiro atoms. The zero-order valence-corrected chi connectivity index (χ0v) is 11.4. The van der Waals surface area contributed by atoms with Crippen molar-refractivity contribution < 1.29 is 4.74 Å². The van der Waals surface area contributed by atoms with E-state index in [4.69, 9.17) is 4.74 Å². The lowest BCUT2D eigenvalue weighted by atomic mass is 10.1. The van der Waals surface area contributed by atoms with Crippen LogP contribution in [0.4, 0.5) is 11.8 Å². The Hall–Kier alpha value is -1.36. The highest BCUT2D eigenvalue weighted by Crippen LogP contribution is 2.23. The van der Waals surface area contributed by atoms with Crippen LogP contribution in [0, 0.1) is 12.8 Å². The summed E-state index contributed by atoms with van der Waals surface area (Å²) in [6.45, 7) is 7.81. The Bertz CT molecular complexity index is 397. The fraction of sp³-hybridized carbons (Fsp3) is 0.692. The van der Waals surface area contributed by atoms with Gasteiger partial charge in [0.25, 0.3) is 0 Å². The Kier molecular flexibility index (Phi) is 4.36. The largest absolute Gasteiger partial charge is 0.384 e. The molecule has 1 saturated heterocycles. The van der Waals surface area contributed by atoms with E-state index in [-0.39, 0.29) is 0 Å². The van der Waals surface area contributed by atoms with Crippen LogP contribution in [-0.2, 0) is 4.74 Å². The van der Waals surface area contributed by atoms with Crippen molar-refractivity contribution >= 4 is 11.8 Å². The number of aromatic nitrogens is 2. The maximum absolute atomic E-state index is 5.22. The summed E-state index contributed by atoms with van der Waals surface area (Å²) in [5.41, 5.74) is 1.01. The fourth-order valence-corrected chi connectivity index (χ4v) is 2.36. The van der Waals surface area contributed by atoms with Crippen LogP contribution in [0.1, 0.15) is 19.0 Å². The quantitative estimate of drug-likeness (QED) is 0.862. The molecule has 5 heteroatoms. The van der Waals surface area contributed by atoms with Crippen molar-refractivity contribution in [2.24, 2.45) is 5.92 Å². The standard InChI is InChI=1S/C13H22N4O/c1-4-14-13-15-10(2)7-12(16-13)17-6-5-11(8-17)9-18-3/h7,11H,4-6,8-9H2,1-3H3,(H,14,15,16). The molecule has 1 aromatic rings. The molecule has 1 fully saturated rings. The maximum Gasteiger partial charge on any atom is 0.224 e. The molecule has 0 aromatic carbocycles. The van der Waals surface area contributed by atoms with Crippen LogP contribution in [-0.4, -0.2) is 43.3 Å². The van der Waals surface area contributed by atoms with Crippen LogP contribution in [0.25, 0.3) is 0 Å². The smallest absolute Gasteiger partial charge is 0.224 e. The Balaban J connectivity index is 2.08. The normalized spacial score (nSPS) is 19.3. The van der Waals surface area contributed by atoms with Crippen molar-refractivity contribution in [1.82, 2.24) is 9.97 Å². The van der Waals surface area contributed by atoms with Crippen molar-refractivity contribution in [2.45, 2.75) is 20.3 Å². The first-order chi connectivity index (χ1) is 8.72. The highest BCUT2D eigenvalue weighted by atomic mass is 16.5. The van der Waals surface area contributed by atoms with Gasteiger partial charge in [0.1, 0.15) is 5.82 Å². The van der Waals surface area contributed by atoms with E-state index in [1.807, 2.05) is 6.92 Å². The molecule has 0 radical (unpaired) electrons. The first-order valence-corrected chi connectivity index (χ1v) is 6.56. The molecule has 0 amide bonds. The molecule has 1 unspecified atom stereocenters. The Morgan fingerprint density at radius 2 is 2.33 bits per heavy atom. The monoisotopic (exact) mass is 250 g/mol. The molecule has 0 saturated carbocycles. The van der Waals surface area contributed by atoms with Gasteiger partial charge in [-0.25, -0.2) is 4.98 Å². The summed E-state index contributed by atoms with van der Waals surface area (Å²) in [4.78, 5) is 11.3. The van der Waals surface area contributed by atoms with Gasteiger partial charge in [-0.15, -0.1) is 0 Å². The molecule has 1 aromatic heterocycles. The summed E-state index contributed by atoms with van der Waals surface area (Å²) >= 11 is 0. The SMILES string of the molecule is CCNc1nc(C)cc(N2CCC(COC)C2)n1. The number of anilines is 2. The number of nitrogens with one attached hydrogen (secondary N) is 1. The minimum absolute atomic E-state index is 0.618. The van der Waals surface area contributed by atoms with Gasteiger partial charge in [0.2, 0.25) is 5.95 Å². The van der Waals surface area contributed by atoms with Crippen LogP contribution < -0.4 is 10.2 Å². The lowest BCUT2D eigenvalue weighted by molar-refractivity contribution is 0.161. The van der Waals surface area contributed by atoms with Crippen LogP contribution >= 0.6 is 0 Å². The first-order valence-electron chi connectivity index (χ1n) is 6.56. The maximum atomic E-state index is 5.22. The number of methoxy groups -OCH3 is 1. The third kappa shape index (κ3) is 3.10. The summed E-state index contributed by atoms with van der Waals surface area (Å²) in [5, 5.41) is 3.17. The number of hydrogen-bond donors (Lipinski definition) is 1. The molecule has 1 atom stereocenters. The number of nitrogens with zero attached hydrogens (tertiary/aromatic N) is 3. The van der Waals surface area contributed by atoms with Gasteiger partial charge >= 0.3 is 0 Å². The lowest BCUT2D eigenvalue weighted by Gasteiger charge is -2.18. The van der Waals surface area contributed by atoms with Gasteiger partial charge in [-0.3, -0.25) is 0 Å². The molecule has 2 heterocycles. The number of rotatable bonds is 5. The molecule has 100 valence electrons. The van der Waals surface area contributed by atoms with Crippen LogP contribution in [0.2, 0.25) is 0 Å². The Morgan fingerprint density at radius 3 is 3.06 bits per heavy atom. The molecule has 1 N–H and O–H groups in total. The van der Waals surface area contributed by atoms with Gasteiger partial charge in [0.05, 0.1) is 6.61 Å². The van der Waals surface area contributed by atoms with Crippen LogP contribution in [0.3, 0.4) is 0 Å². The van der Waals surface area contributed by atoms with Crippen molar-refractivity contribution in [3.63, 3.8) is 0 Å². The number of hydrogen-bond acceptors (Lipinski definition) is 5. The van der Waals surface area contributed by atoms with Crippen molar-refractivity contribution in [1.29, 1.82) is 0 Å². The van der Waals surface area contributed by atoms with Crippen molar-refractivity contribution in [2.75, 3.05) is 43.6 Å². The average Bonchev–Trinajstić information content (AvgIpc) is 2.78. The van der Waals surface area contributed by atoms with Gasteiger partial charge < -0.3 is 15.0 Å². The number of aryl methyl sites for hydroxylation is 1. The van der Waals surface area contributed by atoms with E-state index in [1.165, 1.54) is 6.42 Å². The van der Waals surface area contributed by atoms with E-state index in [2.05, 4.69) is 33.2 Å². The fourth-order valence-electron chi connectivity index (χ4n) is 2.36. The molecule has 0 bridgehead atoms. The Labute approximate surface area is 109 Å². The van der Waals surface area contributed by atoms with Crippen LogP contribution in [0.15, 0.2) is 6.07 Å². The molecule has 18 heavy (non-hydrogen) atoms. The van der Waals surface area contributed by atoms with E-state index < -0.39 is 0 Å². The molecule has 2 rings (SSSR count). The summed E-state index contributed by atoms with van der Waals surface area (Å²) < 4.78 is 5.22. The average molecular weight is 250 g/mol. The third-order valence-electron chi connectivity index (χ3n) is 3.19. The highest BCUT2D eigenvalue weighted by molar-refractivity contribution is 5.45. The number of ether oxygens (including phenoxy) is 1.